The van der Waals surface area contributed by atoms with Crippen molar-refractivity contribution in [3.05, 3.63) is 16.3 Å². The molecule has 1 aromatic heterocycles. The molecule has 6 N–H and O–H groups in total. The fourth-order valence-corrected chi connectivity index (χ4v) is 3.86. The summed E-state index contributed by atoms with van der Waals surface area (Å²) in [5, 5.41) is 60.3. The highest BCUT2D eigenvalue weighted by atomic mass is 16.7. The van der Waals surface area contributed by atoms with Gasteiger partial charge in [0.1, 0.15) is 24.4 Å². The van der Waals surface area contributed by atoms with Gasteiger partial charge in [0.15, 0.2) is 0 Å². The molecule has 1 saturated heterocycles. The quantitative estimate of drug-likeness (QED) is 0.0369. The lowest BCUT2D eigenvalue weighted by Crippen LogP contribution is -2.65. The smallest absolute Gasteiger partial charge is 0.308 e. The number of ether oxygens (including phenoxy) is 5. The van der Waals surface area contributed by atoms with E-state index in [9.17, 15) is 24.9 Å². The van der Waals surface area contributed by atoms with Crippen molar-refractivity contribution in [1.29, 1.82) is 0 Å². The number of aliphatic hydroxyl groups is 4. The standard InChI is InChI=1S/C22H38N8O11/c1-21(2,3)40-16(35)4-5-37-6-7-38-8-9-39-22(20-26-29-30-27-20)10-13(32)17(25-15(34)12-31)19(41-22)18(36)14(33)11-24-28-23/h13-14,17-19,31-33,36H,4-12H2,1-3H3,(H,25,34)(H,26,27,29,30)/t13-,14+,17+,18+,19+,22+/m0/s1. The van der Waals surface area contributed by atoms with Gasteiger partial charge in [-0.1, -0.05) is 5.11 Å². The van der Waals surface area contributed by atoms with E-state index in [2.05, 4.69) is 36.0 Å². The molecule has 0 spiro atoms. The number of nitrogens with zero attached hydrogens (tertiary/aromatic N) is 6. The van der Waals surface area contributed by atoms with Crippen molar-refractivity contribution in [2.45, 2.75) is 75.5 Å². The lowest BCUT2D eigenvalue weighted by Gasteiger charge is -2.47. The summed E-state index contributed by atoms with van der Waals surface area (Å²) in [4.78, 5) is 26.1. The average molecular weight is 591 g/mol. The van der Waals surface area contributed by atoms with Crippen molar-refractivity contribution in [3.8, 4) is 0 Å². The molecule has 19 nitrogen and oxygen atoms in total. The molecular formula is C22H38N8O11. The molecule has 232 valence electrons. The molecule has 1 aliphatic heterocycles. The van der Waals surface area contributed by atoms with Crippen LogP contribution in [0, 0.1) is 0 Å². The second-order valence-electron chi connectivity index (χ2n) is 9.97. The van der Waals surface area contributed by atoms with Gasteiger partial charge in [0.05, 0.1) is 64.2 Å². The second-order valence-corrected chi connectivity index (χ2v) is 9.97. The molecule has 0 aliphatic carbocycles. The Morgan fingerprint density at radius 1 is 1.24 bits per heavy atom. The number of hydrogen-bond acceptors (Lipinski definition) is 15. The van der Waals surface area contributed by atoms with Gasteiger partial charge in [-0.15, -0.1) is 10.2 Å². The highest BCUT2D eigenvalue weighted by molar-refractivity contribution is 5.77. The number of azide groups is 1. The van der Waals surface area contributed by atoms with Crippen LogP contribution in [0.5, 0.6) is 0 Å². The van der Waals surface area contributed by atoms with Crippen LogP contribution in [0.4, 0.5) is 0 Å². The van der Waals surface area contributed by atoms with Gasteiger partial charge in [0, 0.05) is 11.3 Å². The maximum absolute atomic E-state index is 11.9. The molecule has 2 rings (SSSR count). The fourth-order valence-electron chi connectivity index (χ4n) is 3.86. The van der Waals surface area contributed by atoms with Crippen molar-refractivity contribution >= 4 is 11.9 Å². The SMILES string of the molecule is CC(C)(C)OC(=O)CCOCCOCCO[C@]1(c2nn[nH]n2)C[C@H](O)[C@@H](NC(=O)CO)[C@H]([C@H](O)[C@H](O)CN=[N+]=[N-])O1. The van der Waals surface area contributed by atoms with E-state index in [4.69, 9.17) is 34.3 Å². The van der Waals surface area contributed by atoms with Crippen LogP contribution < -0.4 is 5.32 Å². The number of aromatic nitrogens is 4. The summed E-state index contributed by atoms with van der Waals surface area (Å²) in [7, 11) is 0. The molecule has 6 atom stereocenters. The van der Waals surface area contributed by atoms with Crippen LogP contribution in [-0.4, -0.2) is 135 Å². The Morgan fingerprint density at radius 3 is 2.54 bits per heavy atom. The molecule has 1 fully saturated rings. The van der Waals surface area contributed by atoms with E-state index in [1.54, 1.807) is 20.8 Å². The number of H-pyrrole nitrogens is 1. The fraction of sp³-hybridized carbons (Fsp3) is 0.864. The lowest BCUT2D eigenvalue weighted by atomic mass is 9.88. The van der Waals surface area contributed by atoms with Gasteiger partial charge < -0.3 is 49.4 Å². The first kappa shape index (κ1) is 34.2. The highest BCUT2D eigenvalue weighted by Gasteiger charge is 2.54. The van der Waals surface area contributed by atoms with Crippen LogP contribution in [0.25, 0.3) is 10.4 Å². The first-order chi connectivity index (χ1) is 19.4. The van der Waals surface area contributed by atoms with Gasteiger partial charge >= 0.3 is 5.97 Å². The lowest BCUT2D eigenvalue weighted by molar-refractivity contribution is -0.333. The third-order valence-corrected chi connectivity index (χ3v) is 5.60. The summed E-state index contributed by atoms with van der Waals surface area (Å²) >= 11 is 0. The van der Waals surface area contributed by atoms with Crippen LogP contribution in [-0.2, 0) is 39.1 Å². The minimum atomic E-state index is -1.91. The van der Waals surface area contributed by atoms with Gasteiger partial charge in [-0.05, 0) is 31.5 Å². The molecule has 0 radical (unpaired) electrons. The number of aromatic amines is 1. The largest absolute Gasteiger partial charge is 0.460 e. The molecule has 1 aliphatic rings. The predicted octanol–water partition coefficient (Wildman–Crippen LogP) is -2.21. The number of carbonyl (C=O) groups is 2. The van der Waals surface area contributed by atoms with E-state index in [0.717, 1.165) is 0 Å². The van der Waals surface area contributed by atoms with Crippen LogP contribution >= 0.6 is 0 Å². The van der Waals surface area contributed by atoms with E-state index < -0.39 is 60.9 Å². The highest BCUT2D eigenvalue weighted by Crippen LogP contribution is 2.38. The Morgan fingerprint density at radius 2 is 1.93 bits per heavy atom. The Hall–Kier alpha value is -3.00. The number of hydrogen-bond donors (Lipinski definition) is 6. The van der Waals surface area contributed by atoms with Crippen molar-refractivity contribution in [1.82, 2.24) is 25.9 Å². The molecule has 41 heavy (non-hydrogen) atoms. The molecule has 2 heterocycles. The van der Waals surface area contributed by atoms with Crippen LogP contribution in [0.15, 0.2) is 5.11 Å². The van der Waals surface area contributed by atoms with E-state index in [1.807, 2.05) is 0 Å². The molecule has 1 aromatic rings. The number of carbonyl (C=O) groups excluding carboxylic acids is 2. The zero-order valence-electron chi connectivity index (χ0n) is 23.1. The van der Waals surface area contributed by atoms with Gasteiger partial charge in [-0.25, -0.2) is 0 Å². The Bertz CT molecular complexity index is 989. The van der Waals surface area contributed by atoms with E-state index in [0.29, 0.717) is 0 Å². The van der Waals surface area contributed by atoms with Gasteiger partial charge in [0.25, 0.3) is 0 Å². The van der Waals surface area contributed by atoms with Crippen LogP contribution in [0.1, 0.15) is 39.4 Å². The molecule has 0 aromatic carbocycles. The first-order valence-electron chi connectivity index (χ1n) is 12.8. The van der Waals surface area contributed by atoms with Gasteiger partial charge in [-0.2, -0.15) is 5.21 Å². The summed E-state index contributed by atoms with van der Waals surface area (Å²) < 4.78 is 27.9. The number of nitrogens with one attached hydrogen (secondary N) is 2. The summed E-state index contributed by atoms with van der Waals surface area (Å²) in [6, 6.07) is -1.32. The third-order valence-electron chi connectivity index (χ3n) is 5.60. The maximum Gasteiger partial charge on any atom is 0.308 e. The zero-order chi connectivity index (χ0) is 30.5. The number of aliphatic hydroxyl groups excluding tert-OH is 4. The summed E-state index contributed by atoms with van der Waals surface area (Å²) in [5.41, 5.74) is 7.97. The molecule has 0 unspecified atom stereocenters. The number of tetrazole rings is 1. The van der Waals surface area contributed by atoms with E-state index >= 15 is 0 Å². The first-order valence-corrected chi connectivity index (χ1v) is 12.8. The second kappa shape index (κ2) is 16.4. The molecule has 0 saturated carbocycles. The summed E-state index contributed by atoms with van der Waals surface area (Å²) in [6.07, 6.45) is -6.72. The van der Waals surface area contributed by atoms with Crippen molar-refractivity contribution in [2.75, 3.05) is 46.2 Å². The van der Waals surface area contributed by atoms with E-state index in [-0.39, 0.29) is 57.7 Å². The number of amides is 1. The normalized spacial score (nSPS) is 24.2. The topological polar surface area (TPSA) is 276 Å². The van der Waals surface area contributed by atoms with Crippen molar-refractivity contribution in [3.63, 3.8) is 0 Å². The minimum Gasteiger partial charge on any atom is -0.460 e. The minimum absolute atomic E-state index is 0.0197. The summed E-state index contributed by atoms with van der Waals surface area (Å²) in [6.45, 7) is 4.27. The summed E-state index contributed by atoms with van der Waals surface area (Å²) in [5.74, 6) is -3.32. The number of esters is 1. The van der Waals surface area contributed by atoms with E-state index in [1.165, 1.54) is 0 Å². The molecule has 0 bridgehead atoms. The van der Waals surface area contributed by atoms with Gasteiger partial charge in [0.2, 0.25) is 17.5 Å². The molecule has 19 heteroatoms. The Balaban J connectivity index is 2.00. The number of rotatable bonds is 17. The van der Waals surface area contributed by atoms with Gasteiger partial charge in [-0.3, -0.25) is 9.59 Å². The average Bonchev–Trinajstić information content (AvgIpc) is 3.46. The molecular weight excluding hydrogens is 552 g/mol. The maximum atomic E-state index is 11.9. The predicted molar refractivity (Wildman–Crippen MR) is 134 cm³/mol. The monoisotopic (exact) mass is 590 g/mol. The Kier molecular flexibility index (Phi) is 13.7. The van der Waals surface area contributed by atoms with Crippen molar-refractivity contribution < 1.29 is 53.7 Å². The van der Waals surface area contributed by atoms with Crippen molar-refractivity contribution in [2.24, 2.45) is 5.11 Å². The third kappa shape index (κ3) is 11.1. The molecule has 1 amide bonds. The van der Waals surface area contributed by atoms with Crippen LogP contribution in [0.2, 0.25) is 0 Å². The Labute approximate surface area is 235 Å². The van der Waals surface area contributed by atoms with Crippen LogP contribution in [0.3, 0.4) is 0 Å². The zero-order valence-corrected chi connectivity index (χ0v) is 23.1.